The third-order valence-corrected chi connectivity index (χ3v) is 6.46. The second kappa shape index (κ2) is 7.21. The Bertz CT molecular complexity index is 1180. The number of nitrogens with zero attached hydrogens (tertiary/aromatic N) is 5. The summed E-state index contributed by atoms with van der Waals surface area (Å²) in [7, 11) is 0. The Kier molecular flexibility index (Phi) is 4.69. The van der Waals surface area contributed by atoms with Crippen molar-refractivity contribution in [2.45, 2.75) is 39.0 Å². The van der Waals surface area contributed by atoms with Gasteiger partial charge in [-0.25, -0.2) is 4.68 Å². The summed E-state index contributed by atoms with van der Waals surface area (Å²) < 4.78 is 1.86. The van der Waals surface area contributed by atoms with Crippen LogP contribution < -0.4 is 5.73 Å². The average Bonchev–Trinajstić information content (AvgIpc) is 3.07. The van der Waals surface area contributed by atoms with Crippen LogP contribution in [0.15, 0.2) is 53.3 Å². The molecular formula is C24H22N6. The molecule has 1 aromatic heterocycles. The molecule has 1 heterocycles. The number of allylic oxidation sites excluding steroid dienone is 4. The van der Waals surface area contributed by atoms with Crippen molar-refractivity contribution in [1.82, 2.24) is 9.78 Å². The highest BCUT2D eigenvalue weighted by Gasteiger charge is 2.55. The number of hydrogen-bond acceptors (Lipinski definition) is 5. The lowest BCUT2D eigenvalue weighted by Crippen LogP contribution is -2.43. The first-order valence-corrected chi connectivity index (χ1v) is 10.0. The van der Waals surface area contributed by atoms with Crippen LogP contribution in [0.4, 0.5) is 0 Å². The van der Waals surface area contributed by atoms with E-state index in [0.717, 1.165) is 47.5 Å². The number of para-hydroxylation sites is 1. The fraction of sp³-hybridized carbons (Fsp3) is 0.333. The van der Waals surface area contributed by atoms with Crippen LogP contribution in [0.3, 0.4) is 0 Å². The van der Waals surface area contributed by atoms with E-state index < -0.39 is 11.3 Å². The molecule has 30 heavy (non-hydrogen) atoms. The molecule has 2 aliphatic carbocycles. The van der Waals surface area contributed by atoms with Crippen LogP contribution in [0.5, 0.6) is 0 Å². The number of rotatable bonds is 2. The molecule has 0 amide bonds. The van der Waals surface area contributed by atoms with Gasteiger partial charge in [-0.3, -0.25) is 0 Å². The van der Waals surface area contributed by atoms with Crippen LogP contribution in [0, 0.1) is 59.2 Å². The summed E-state index contributed by atoms with van der Waals surface area (Å²) in [4.78, 5) is 0. The fourth-order valence-corrected chi connectivity index (χ4v) is 5.11. The Morgan fingerprint density at radius 3 is 2.47 bits per heavy atom. The van der Waals surface area contributed by atoms with E-state index in [2.05, 4.69) is 24.3 Å². The summed E-state index contributed by atoms with van der Waals surface area (Å²) in [5, 5.41) is 34.9. The lowest BCUT2D eigenvalue weighted by molar-refractivity contribution is 0.315. The molecular weight excluding hydrogens is 372 g/mol. The van der Waals surface area contributed by atoms with Gasteiger partial charge in [-0.15, -0.1) is 0 Å². The summed E-state index contributed by atoms with van der Waals surface area (Å²) in [6, 6.07) is 16.4. The molecule has 0 spiro atoms. The van der Waals surface area contributed by atoms with E-state index in [9.17, 15) is 15.8 Å². The molecule has 0 fully saturated rings. The monoisotopic (exact) mass is 394 g/mol. The third-order valence-electron chi connectivity index (χ3n) is 6.46. The van der Waals surface area contributed by atoms with Crippen LogP contribution in [0.1, 0.15) is 42.1 Å². The molecule has 2 atom stereocenters. The van der Waals surface area contributed by atoms with Crippen molar-refractivity contribution >= 4 is 0 Å². The molecule has 2 aliphatic rings. The lowest BCUT2D eigenvalue weighted by atomic mass is 9.56. The highest BCUT2D eigenvalue weighted by Crippen LogP contribution is 2.56. The van der Waals surface area contributed by atoms with Crippen molar-refractivity contribution in [1.29, 1.82) is 15.8 Å². The number of benzene rings is 1. The fourth-order valence-electron chi connectivity index (χ4n) is 5.11. The maximum Gasteiger partial charge on any atom is 0.191 e. The molecule has 0 saturated carbocycles. The van der Waals surface area contributed by atoms with E-state index >= 15 is 0 Å². The molecule has 2 aromatic rings. The molecule has 6 nitrogen and oxygen atoms in total. The van der Waals surface area contributed by atoms with Crippen molar-refractivity contribution in [3.63, 3.8) is 0 Å². The lowest BCUT2D eigenvalue weighted by Gasteiger charge is -2.43. The van der Waals surface area contributed by atoms with Gasteiger partial charge in [-0.2, -0.15) is 20.9 Å². The smallest absolute Gasteiger partial charge is 0.191 e. The standard InChI is InChI=1S/C24H22N6/c1-15-21(16(2)30(29-15)17-8-4-3-5-9-17)22-19-11-7-6-10-18(19)20(12-25)23(28)24(22,13-26)14-27/h3-5,8-10,19,22H,6-7,11,28H2,1-2H3/t19-,22+/m1/s1. The number of fused-ring (bicyclic) bond motifs is 1. The Balaban J connectivity index is 2.02. The Morgan fingerprint density at radius 2 is 1.83 bits per heavy atom. The summed E-state index contributed by atoms with van der Waals surface area (Å²) in [5.41, 5.74) is 9.47. The first kappa shape index (κ1) is 19.5. The number of aryl methyl sites for hydroxylation is 1. The first-order chi connectivity index (χ1) is 14.5. The minimum Gasteiger partial charge on any atom is -0.399 e. The number of hydrogen-bond donors (Lipinski definition) is 1. The molecule has 0 bridgehead atoms. The Morgan fingerprint density at radius 1 is 1.13 bits per heavy atom. The van der Waals surface area contributed by atoms with E-state index in [-0.39, 0.29) is 11.6 Å². The summed E-state index contributed by atoms with van der Waals surface area (Å²) in [6.45, 7) is 3.88. The van der Waals surface area contributed by atoms with Crippen LogP contribution in [0.25, 0.3) is 5.69 Å². The number of nitrogens with two attached hydrogens (primary N) is 1. The summed E-state index contributed by atoms with van der Waals surface area (Å²) in [5.74, 6) is -0.598. The molecule has 6 heteroatoms. The summed E-state index contributed by atoms with van der Waals surface area (Å²) >= 11 is 0. The topological polar surface area (TPSA) is 115 Å². The van der Waals surface area contributed by atoms with Gasteiger partial charge in [0.2, 0.25) is 0 Å². The van der Waals surface area contributed by atoms with Crippen molar-refractivity contribution in [3.05, 3.63) is 70.2 Å². The van der Waals surface area contributed by atoms with Crippen LogP contribution in [-0.4, -0.2) is 9.78 Å². The second-order valence-corrected chi connectivity index (χ2v) is 7.94. The molecule has 0 aliphatic heterocycles. The van der Waals surface area contributed by atoms with Crippen molar-refractivity contribution in [2.24, 2.45) is 17.1 Å². The predicted octanol–water partition coefficient (Wildman–Crippen LogP) is 4.08. The van der Waals surface area contributed by atoms with E-state index in [0.29, 0.717) is 5.57 Å². The van der Waals surface area contributed by atoms with Gasteiger partial charge >= 0.3 is 0 Å². The molecule has 0 saturated heterocycles. The van der Waals surface area contributed by atoms with Crippen LogP contribution >= 0.6 is 0 Å². The maximum atomic E-state index is 10.2. The van der Waals surface area contributed by atoms with Gasteiger partial charge in [-0.1, -0.05) is 24.3 Å². The maximum absolute atomic E-state index is 10.2. The molecule has 0 radical (unpaired) electrons. The van der Waals surface area contributed by atoms with Crippen LogP contribution in [0.2, 0.25) is 0 Å². The van der Waals surface area contributed by atoms with Crippen molar-refractivity contribution in [3.8, 4) is 23.9 Å². The largest absolute Gasteiger partial charge is 0.399 e. The Hall–Kier alpha value is -3.82. The van der Waals surface area contributed by atoms with Gasteiger partial charge in [0.15, 0.2) is 5.41 Å². The van der Waals surface area contributed by atoms with Gasteiger partial charge in [0.1, 0.15) is 6.07 Å². The number of aromatic nitrogens is 2. The van der Waals surface area contributed by atoms with E-state index in [1.54, 1.807) is 0 Å². The summed E-state index contributed by atoms with van der Waals surface area (Å²) in [6.07, 6.45) is 4.67. The zero-order valence-electron chi connectivity index (χ0n) is 17.1. The molecule has 0 unspecified atom stereocenters. The number of nitriles is 3. The molecule has 4 rings (SSSR count). The minimum absolute atomic E-state index is 0.0654. The van der Waals surface area contributed by atoms with Crippen LogP contribution in [-0.2, 0) is 0 Å². The van der Waals surface area contributed by atoms with Gasteiger partial charge in [0.05, 0.1) is 34.8 Å². The van der Waals surface area contributed by atoms with E-state index in [4.69, 9.17) is 10.8 Å². The highest BCUT2D eigenvalue weighted by molar-refractivity contribution is 5.60. The zero-order valence-corrected chi connectivity index (χ0v) is 17.1. The van der Waals surface area contributed by atoms with Gasteiger partial charge in [0.25, 0.3) is 0 Å². The van der Waals surface area contributed by atoms with Gasteiger partial charge < -0.3 is 5.73 Å². The van der Waals surface area contributed by atoms with E-state index in [1.165, 1.54) is 0 Å². The van der Waals surface area contributed by atoms with Crippen molar-refractivity contribution < 1.29 is 0 Å². The average molecular weight is 394 g/mol. The SMILES string of the molecule is Cc1nn(-c2ccccc2)c(C)c1[C@@H]1[C@@H]2CCCC=C2C(C#N)=C(N)C1(C#N)C#N. The van der Waals surface area contributed by atoms with Gasteiger partial charge in [0, 0.05) is 17.2 Å². The zero-order chi connectivity index (χ0) is 21.5. The molecule has 148 valence electrons. The first-order valence-electron chi connectivity index (χ1n) is 10.0. The second-order valence-electron chi connectivity index (χ2n) is 7.94. The predicted molar refractivity (Wildman–Crippen MR) is 112 cm³/mol. The van der Waals surface area contributed by atoms with Crippen molar-refractivity contribution in [2.75, 3.05) is 0 Å². The minimum atomic E-state index is -1.61. The molecule has 1 aromatic carbocycles. The Labute approximate surface area is 176 Å². The highest BCUT2D eigenvalue weighted by atomic mass is 15.3. The molecule has 2 N–H and O–H groups in total. The third kappa shape index (κ3) is 2.56. The normalized spacial score (nSPS) is 22.3. The van der Waals surface area contributed by atoms with E-state index in [1.807, 2.05) is 48.9 Å². The van der Waals surface area contributed by atoms with Gasteiger partial charge in [-0.05, 0) is 56.7 Å². The quantitative estimate of drug-likeness (QED) is 0.824.